The molecule has 13 heavy (non-hydrogen) atoms. The number of carbonyl (C=O) groups is 1. The monoisotopic (exact) mass is 180 g/mol. The molecule has 0 heterocycles. The summed E-state index contributed by atoms with van der Waals surface area (Å²) in [5.74, 6) is 1.83. The maximum Gasteiger partial charge on any atom is 0.136 e. The van der Waals surface area contributed by atoms with Gasteiger partial charge < -0.3 is 0 Å². The first kappa shape index (κ1) is 9.23. The van der Waals surface area contributed by atoms with E-state index in [1.807, 2.05) is 0 Å². The van der Waals surface area contributed by atoms with Gasteiger partial charge in [0.05, 0.1) is 0 Å². The molecule has 0 unspecified atom stereocenters. The summed E-state index contributed by atoms with van der Waals surface area (Å²) >= 11 is 0. The van der Waals surface area contributed by atoms with Gasteiger partial charge in [-0.25, -0.2) is 0 Å². The molecule has 0 aromatic rings. The highest BCUT2D eigenvalue weighted by Crippen LogP contribution is 2.37. The Morgan fingerprint density at radius 1 is 0.846 bits per heavy atom. The zero-order valence-corrected chi connectivity index (χ0v) is 8.43. The highest BCUT2D eigenvalue weighted by Gasteiger charge is 2.32. The van der Waals surface area contributed by atoms with E-state index in [0.29, 0.717) is 11.7 Å². The highest BCUT2D eigenvalue weighted by molar-refractivity contribution is 5.81. The van der Waals surface area contributed by atoms with Crippen LogP contribution in [-0.2, 0) is 4.79 Å². The molecular formula is C12H20O. The molecule has 2 aliphatic rings. The number of ketones is 1. The molecule has 0 bridgehead atoms. The summed E-state index contributed by atoms with van der Waals surface area (Å²) < 4.78 is 0. The minimum absolute atomic E-state index is 0.470. The molecule has 0 amide bonds. The summed E-state index contributed by atoms with van der Waals surface area (Å²) in [6.07, 6.45) is 11.2. The van der Waals surface area contributed by atoms with Crippen LogP contribution in [0.2, 0.25) is 0 Å². The van der Waals surface area contributed by atoms with Crippen molar-refractivity contribution in [3.8, 4) is 0 Å². The first-order valence-electron chi connectivity index (χ1n) is 5.90. The Hall–Kier alpha value is -0.330. The second kappa shape index (κ2) is 4.26. The van der Waals surface area contributed by atoms with Crippen LogP contribution in [0.3, 0.4) is 0 Å². The van der Waals surface area contributed by atoms with Gasteiger partial charge in [0.15, 0.2) is 0 Å². The Labute approximate surface area is 80.9 Å². The van der Waals surface area contributed by atoms with Crippen LogP contribution in [0.1, 0.15) is 57.8 Å². The van der Waals surface area contributed by atoms with Crippen molar-refractivity contribution in [1.82, 2.24) is 0 Å². The van der Waals surface area contributed by atoms with Gasteiger partial charge in [0.1, 0.15) is 5.78 Å². The third-order valence-electron chi connectivity index (χ3n) is 3.82. The predicted octanol–water partition coefficient (Wildman–Crippen LogP) is 3.33. The van der Waals surface area contributed by atoms with Gasteiger partial charge >= 0.3 is 0 Å². The lowest BCUT2D eigenvalue weighted by Gasteiger charge is -2.16. The zero-order valence-electron chi connectivity index (χ0n) is 8.43. The van der Waals surface area contributed by atoms with Crippen molar-refractivity contribution in [1.29, 1.82) is 0 Å². The molecule has 0 radical (unpaired) electrons. The smallest absolute Gasteiger partial charge is 0.136 e. The minimum Gasteiger partial charge on any atom is -0.299 e. The molecule has 0 spiro atoms. The third kappa shape index (κ3) is 2.12. The van der Waals surface area contributed by atoms with E-state index in [1.165, 1.54) is 44.9 Å². The quantitative estimate of drug-likeness (QED) is 0.559. The third-order valence-corrected chi connectivity index (χ3v) is 3.82. The largest absolute Gasteiger partial charge is 0.299 e. The van der Waals surface area contributed by atoms with E-state index in [9.17, 15) is 4.79 Å². The highest BCUT2D eigenvalue weighted by atomic mass is 16.1. The average molecular weight is 180 g/mol. The second-order valence-electron chi connectivity index (χ2n) is 4.72. The molecular weight excluding hydrogens is 160 g/mol. The number of hydrogen-bond donors (Lipinski definition) is 0. The lowest BCUT2D eigenvalue weighted by molar-refractivity contribution is -0.123. The van der Waals surface area contributed by atoms with Crippen LogP contribution in [0.15, 0.2) is 0 Å². The molecule has 74 valence electrons. The first-order chi connectivity index (χ1) is 6.38. The number of fused-ring (bicyclic) bond motifs is 1. The van der Waals surface area contributed by atoms with Crippen molar-refractivity contribution >= 4 is 5.78 Å². The standard InChI is InChI=1S/C12H20O/c13-12-9-4-2-1-3-6-10-7-5-8-11(10)12/h10-11H,1-9H2/t10-,11+/m0/s1. The fourth-order valence-corrected chi connectivity index (χ4v) is 3.05. The molecule has 0 N–H and O–H groups in total. The Balaban J connectivity index is 2.00. The number of carbonyl (C=O) groups excluding carboxylic acids is 1. The summed E-state index contributed by atoms with van der Waals surface area (Å²) in [6, 6.07) is 0. The molecule has 2 rings (SSSR count). The fourth-order valence-electron chi connectivity index (χ4n) is 3.05. The zero-order chi connectivity index (χ0) is 9.10. The molecule has 2 fully saturated rings. The van der Waals surface area contributed by atoms with Crippen molar-refractivity contribution in [2.24, 2.45) is 11.8 Å². The summed E-state index contributed by atoms with van der Waals surface area (Å²) in [5.41, 5.74) is 0. The first-order valence-corrected chi connectivity index (χ1v) is 5.90. The van der Waals surface area contributed by atoms with E-state index in [1.54, 1.807) is 0 Å². The van der Waals surface area contributed by atoms with E-state index < -0.39 is 0 Å². The minimum atomic E-state index is 0.470. The van der Waals surface area contributed by atoms with Crippen molar-refractivity contribution in [3.63, 3.8) is 0 Å². The molecule has 0 aromatic heterocycles. The van der Waals surface area contributed by atoms with Crippen molar-refractivity contribution < 1.29 is 4.79 Å². The normalized spacial score (nSPS) is 36.2. The van der Waals surface area contributed by atoms with Crippen molar-refractivity contribution in [2.45, 2.75) is 57.8 Å². The van der Waals surface area contributed by atoms with E-state index in [2.05, 4.69) is 0 Å². The van der Waals surface area contributed by atoms with E-state index in [-0.39, 0.29) is 0 Å². The Morgan fingerprint density at radius 2 is 1.62 bits per heavy atom. The number of rotatable bonds is 0. The number of Topliss-reactive ketones (excluding diaryl/α,β-unsaturated/α-hetero) is 1. The molecule has 1 nitrogen and oxygen atoms in total. The topological polar surface area (TPSA) is 17.1 Å². The van der Waals surface area contributed by atoms with E-state index in [4.69, 9.17) is 0 Å². The van der Waals surface area contributed by atoms with E-state index in [0.717, 1.165) is 18.8 Å². The van der Waals surface area contributed by atoms with Crippen LogP contribution in [0, 0.1) is 11.8 Å². The van der Waals surface area contributed by atoms with Gasteiger partial charge in [0, 0.05) is 12.3 Å². The number of hydrogen-bond acceptors (Lipinski definition) is 1. The second-order valence-corrected chi connectivity index (χ2v) is 4.72. The Morgan fingerprint density at radius 3 is 2.54 bits per heavy atom. The van der Waals surface area contributed by atoms with Crippen LogP contribution in [0.5, 0.6) is 0 Å². The Kier molecular flexibility index (Phi) is 3.02. The summed E-state index contributed by atoms with van der Waals surface area (Å²) in [7, 11) is 0. The summed E-state index contributed by atoms with van der Waals surface area (Å²) in [4.78, 5) is 11.8. The van der Waals surface area contributed by atoms with Crippen LogP contribution in [-0.4, -0.2) is 5.78 Å². The molecule has 0 saturated heterocycles. The Bertz CT molecular complexity index is 186. The molecule has 2 saturated carbocycles. The lowest BCUT2D eigenvalue weighted by Crippen LogP contribution is -2.18. The molecule has 1 heteroatoms. The van der Waals surface area contributed by atoms with Crippen molar-refractivity contribution in [3.05, 3.63) is 0 Å². The molecule has 2 atom stereocenters. The van der Waals surface area contributed by atoms with Crippen LogP contribution in [0.4, 0.5) is 0 Å². The van der Waals surface area contributed by atoms with Crippen LogP contribution < -0.4 is 0 Å². The van der Waals surface area contributed by atoms with Gasteiger partial charge in [-0.2, -0.15) is 0 Å². The molecule has 0 aromatic carbocycles. The van der Waals surface area contributed by atoms with Crippen LogP contribution in [0.25, 0.3) is 0 Å². The fraction of sp³-hybridized carbons (Fsp3) is 0.917. The summed E-state index contributed by atoms with van der Waals surface area (Å²) in [6.45, 7) is 0. The maximum atomic E-state index is 11.8. The van der Waals surface area contributed by atoms with E-state index >= 15 is 0 Å². The van der Waals surface area contributed by atoms with Gasteiger partial charge in [-0.15, -0.1) is 0 Å². The SMILES string of the molecule is O=C1CCCCCC[C@H]2CCC[C@@H]12. The predicted molar refractivity (Wildman–Crippen MR) is 53.5 cm³/mol. The van der Waals surface area contributed by atoms with Gasteiger partial charge in [-0.05, 0) is 31.6 Å². The maximum absolute atomic E-state index is 11.8. The summed E-state index contributed by atoms with van der Waals surface area (Å²) in [5, 5.41) is 0. The lowest BCUT2D eigenvalue weighted by atomic mass is 9.88. The molecule has 0 aliphatic heterocycles. The van der Waals surface area contributed by atoms with Crippen LogP contribution >= 0.6 is 0 Å². The van der Waals surface area contributed by atoms with Gasteiger partial charge in [0.25, 0.3) is 0 Å². The van der Waals surface area contributed by atoms with Gasteiger partial charge in [-0.1, -0.05) is 25.7 Å². The molecule has 2 aliphatic carbocycles. The van der Waals surface area contributed by atoms with Crippen molar-refractivity contribution in [2.75, 3.05) is 0 Å². The van der Waals surface area contributed by atoms with Gasteiger partial charge in [0.2, 0.25) is 0 Å². The average Bonchev–Trinajstić information content (AvgIpc) is 2.58. The van der Waals surface area contributed by atoms with Gasteiger partial charge in [-0.3, -0.25) is 4.79 Å².